The van der Waals surface area contributed by atoms with Crippen molar-refractivity contribution in [1.82, 2.24) is 9.21 Å². The zero-order valence-electron chi connectivity index (χ0n) is 26.9. The fraction of sp³-hybridized carbons (Fsp3) is 0.562. The monoisotopic (exact) mass is 689 g/mol. The van der Waals surface area contributed by atoms with Crippen LogP contribution in [0, 0.1) is 11.7 Å². The number of aliphatic hydroxyl groups is 1. The first-order valence-corrected chi connectivity index (χ1v) is 16.9. The lowest BCUT2D eigenvalue weighted by atomic mass is 10.0. The zero-order chi connectivity index (χ0) is 34.9. The summed E-state index contributed by atoms with van der Waals surface area (Å²) in [5.41, 5.74) is 0.128. The van der Waals surface area contributed by atoms with E-state index in [1.807, 2.05) is 6.92 Å². The average Bonchev–Trinajstić information content (AvgIpc) is 3.01. The summed E-state index contributed by atoms with van der Waals surface area (Å²) in [7, 11) is -2.62. The van der Waals surface area contributed by atoms with Gasteiger partial charge < -0.3 is 24.8 Å². The molecule has 0 saturated heterocycles. The minimum Gasteiger partial charge on any atom is -0.490 e. The molecule has 2 aromatic carbocycles. The number of amides is 2. The third-order valence-corrected chi connectivity index (χ3v) is 9.77. The van der Waals surface area contributed by atoms with E-state index in [0.29, 0.717) is 25.9 Å². The molecule has 1 aliphatic rings. The van der Waals surface area contributed by atoms with Gasteiger partial charge in [0.2, 0.25) is 15.9 Å². The van der Waals surface area contributed by atoms with E-state index in [2.05, 4.69) is 5.32 Å². The van der Waals surface area contributed by atoms with Gasteiger partial charge in [-0.25, -0.2) is 12.8 Å². The van der Waals surface area contributed by atoms with Crippen LogP contribution in [0.15, 0.2) is 47.4 Å². The molecule has 1 heterocycles. The van der Waals surface area contributed by atoms with Crippen molar-refractivity contribution in [3.05, 3.63) is 53.8 Å². The molecule has 3 rings (SSSR count). The summed E-state index contributed by atoms with van der Waals surface area (Å²) in [4.78, 5) is 27.7. The van der Waals surface area contributed by atoms with Gasteiger partial charge in [0, 0.05) is 44.8 Å². The zero-order valence-corrected chi connectivity index (χ0v) is 27.7. The first-order chi connectivity index (χ1) is 22.0. The third-order valence-electron chi connectivity index (χ3n) is 7.93. The Bertz CT molecular complexity index is 1460. The average molecular weight is 690 g/mol. The van der Waals surface area contributed by atoms with Gasteiger partial charge in [-0.2, -0.15) is 17.5 Å². The largest absolute Gasteiger partial charge is 0.490 e. The van der Waals surface area contributed by atoms with Crippen molar-refractivity contribution in [3.63, 3.8) is 0 Å². The van der Waals surface area contributed by atoms with E-state index in [0.717, 1.165) is 16.4 Å². The molecule has 2 N–H and O–H groups in total. The highest BCUT2D eigenvalue weighted by Crippen LogP contribution is 2.29. The van der Waals surface area contributed by atoms with Gasteiger partial charge in [-0.15, -0.1) is 0 Å². The maximum absolute atomic E-state index is 14.2. The van der Waals surface area contributed by atoms with E-state index in [-0.39, 0.29) is 41.1 Å². The number of halogens is 4. The normalized spacial score (nSPS) is 21.0. The number of alkyl halides is 3. The first-order valence-electron chi connectivity index (χ1n) is 15.4. The number of ether oxygens (including phenoxy) is 2. The molecule has 15 heteroatoms. The molecule has 0 aliphatic carbocycles. The summed E-state index contributed by atoms with van der Waals surface area (Å²) in [5, 5.41) is 12.5. The van der Waals surface area contributed by atoms with E-state index in [1.54, 1.807) is 13.8 Å². The molecule has 0 unspecified atom stereocenters. The Kier molecular flexibility index (Phi) is 13.6. The van der Waals surface area contributed by atoms with Crippen LogP contribution < -0.4 is 10.1 Å². The summed E-state index contributed by atoms with van der Waals surface area (Å²) in [6, 6.07) is 8.01. The Balaban J connectivity index is 1.94. The molecular formula is C32H43F4N3O7S. The lowest BCUT2D eigenvalue weighted by Crippen LogP contribution is -2.48. The molecule has 47 heavy (non-hydrogen) atoms. The minimum absolute atomic E-state index is 0.0207. The van der Waals surface area contributed by atoms with Crippen LogP contribution >= 0.6 is 0 Å². The highest BCUT2D eigenvalue weighted by Gasteiger charge is 2.33. The highest BCUT2D eigenvalue weighted by atomic mass is 32.2. The second-order valence-corrected chi connectivity index (χ2v) is 14.0. The van der Waals surface area contributed by atoms with Crippen LogP contribution in [0.1, 0.15) is 63.2 Å². The van der Waals surface area contributed by atoms with E-state index < -0.39 is 71.3 Å². The lowest BCUT2D eigenvalue weighted by molar-refractivity contribution is -0.142. The Morgan fingerprint density at radius 1 is 1.15 bits per heavy atom. The molecule has 0 saturated carbocycles. The molecule has 4 atom stereocenters. The molecule has 2 amide bonds. The quantitative estimate of drug-likeness (QED) is 0.346. The van der Waals surface area contributed by atoms with Crippen LogP contribution in [0.5, 0.6) is 5.75 Å². The molecule has 10 nitrogen and oxygen atoms in total. The predicted octanol–water partition coefficient (Wildman–Crippen LogP) is 5.22. The van der Waals surface area contributed by atoms with Gasteiger partial charge >= 0.3 is 6.18 Å². The summed E-state index contributed by atoms with van der Waals surface area (Å²) >= 11 is 0. The molecule has 0 spiro atoms. The van der Waals surface area contributed by atoms with Crippen LogP contribution in [0.4, 0.5) is 23.2 Å². The third kappa shape index (κ3) is 11.2. The summed E-state index contributed by atoms with van der Waals surface area (Å²) in [6.07, 6.45) is -5.72. The Morgan fingerprint density at radius 3 is 2.47 bits per heavy atom. The van der Waals surface area contributed by atoms with Gasteiger partial charge in [0.15, 0.2) is 0 Å². The van der Waals surface area contributed by atoms with Crippen molar-refractivity contribution in [1.29, 1.82) is 0 Å². The minimum atomic E-state index is -4.51. The number of hydrogen-bond acceptors (Lipinski definition) is 7. The number of anilines is 1. The summed E-state index contributed by atoms with van der Waals surface area (Å²) in [5.74, 6) is -2.28. The van der Waals surface area contributed by atoms with Crippen molar-refractivity contribution in [2.45, 2.75) is 82.2 Å². The predicted molar refractivity (Wildman–Crippen MR) is 167 cm³/mol. The number of likely N-dealkylation sites (N-methyl/N-ethyl adjacent to an activating group) is 1. The molecule has 0 radical (unpaired) electrons. The fourth-order valence-corrected chi connectivity index (χ4v) is 6.26. The van der Waals surface area contributed by atoms with Crippen LogP contribution in [-0.2, 0) is 19.6 Å². The lowest BCUT2D eigenvalue weighted by Gasteiger charge is -2.35. The van der Waals surface area contributed by atoms with Gasteiger partial charge in [-0.3, -0.25) is 9.59 Å². The number of fused-ring (bicyclic) bond motifs is 1. The van der Waals surface area contributed by atoms with Gasteiger partial charge in [0.1, 0.15) is 11.6 Å². The number of rotatable bonds is 9. The number of benzene rings is 2. The summed E-state index contributed by atoms with van der Waals surface area (Å²) in [6.45, 7) is 5.07. The van der Waals surface area contributed by atoms with Gasteiger partial charge in [-0.05, 0) is 75.6 Å². The molecule has 0 aromatic heterocycles. The van der Waals surface area contributed by atoms with Gasteiger partial charge in [0.05, 0.1) is 41.7 Å². The SMILES string of the molecule is C[C@@H]1CCCCO[C@@H](CN(C)S(=O)(=O)c2ccc(F)cc2)[C@H](C)CN([C@@H](C)CO)C(=O)c2cc(NC(=O)CCC(F)(F)F)ccc2O1. The Labute approximate surface area is 273 Å². The van der Waals surface area contributed by atoms with Gasteiger partial charge in [0.25, 0.3) is 5.91 Å². The number of carbonyl (C=O) groups is 2. The molecule has 0 bridgehead atoms. The van der Waals surface area contributed by atoms with Crippen molar-refractivity contribution < 1.29 is 50.1 Å². The number of nitrogens with one attached hydrogen (secondary N) is 1. The molecular weight excluding hydrogens is 646 g/mol. The van der Waals surface area contributed by atoms with Crippen LogP contribution in [0.3, 0.4) is 0 Å². The number of aliphatic hydroxyl groups excluding tert-OH is 1. The van der Waals surface area contributed by atoms with Crippen molar-refractivity contribution in [2.75, 3.05) is 38.7 Å². The van der Waals surface area contributed by atoms with Crippen LogP contribution in [0.2, 0.25) is 0 Å². The Hall–Kier alpha value is -3.27. The second-order valence-electron chi connectivity index (χ2n) is 11.9. The van der Waals surface area contributed by atoms with E-state index in [4.69, 9.17) is 9.47 Å². The molecule has 262 valence electrons. The van der Waals surface area contributed by atoms with Gasteiger partial charge in [-0.1, -0.05) is 6.92 Å². The number of sulfonamides is 1. The van der Waals surface area contributed by atoms with E-state index >= 15 is 0 Å². The first kappa shape index (κ1) is 38.2. The van der Waals surface area contributed by atoms with Crippen molar-refractivity contribution in [3.8, 4) is 5.75 Å². The maximum atomic E-state index is 14.2. The molecule has 2 aromatic rings. The molecule has 0 fully saturated rings. The van der Waals surface area contributed by atoms with E-state index in [1.165, 1.54) is 42.3 Å². The van der Waals surface area contributed by atoms with Crippen LogP contribution in [0.25, 0.3) is 0 Å². The summed E-state index contributed by atoms with van der Waals surface area (Å²) < 4.78 is 91.4. The fourth-order valence-electron chi connectivity index (χ4n) is 5.08. The number of carbonyl (C=O) groups excluding carboxylic acids is 2. The smallest absolute Gasteiger partial charge is 0.389 e. The van der Waals surface area contributed by atoms with Crippen molar-refractivity contribution >= 4 is 27.5 Å². The number of nitrogens with zero attached hydrogens (tertiary/aromatic N) is 2. The number of hydrogen-bond donors (Lipinski definition) is 2. The highest BCUT2D eigenvalue weighted by molar-refractivity contribution is 7.89. The second kappa shape index (κ2) is 16.7. The maximum Gasteiger partial charge on any atom is 0.389 e. The van der Waals surface area contributed by atoms with E-state index in [9.17, 15) is 40.7 Å². The molecule has 1 aliphatic heterocycles. The van der Waals surface area contributed by atoms with Crippen molar-refractivity contribution in [2.24, 2.45) is 5.92 Å². The standard InChI is InChI=1S/C32H43F4N3O7S/c1-21-18-39(22(2)20-40)31(42)27-17-25(37-30(41)14-15-32(34,35)36)10-13-28(27)46-23(3)7-5-6-16-45-29(21)19-38(4)47(43,44)26-11-8-24(33)9-12-26/h8-13,17,21-23,29,40H,5-7,14-16,18-20H2,1-4H3,(H,37,41)/t21-,22+,23-,29+/m1/s1. The van der Waals surface area contributed by atoms with Crippen LogP contribution in [-0.4, -0.2) is 92.3 Å². The topological polar surface area (TPSA) is 125 Å². The Morgan fingerprint density at radius 2 is 1.83 bits per heavy atom.